The molecule has 0 saturated heterocycles. The van der Waals surface area contributed by atoms with Crippen LogP contribution in [-0.4, -0.2) is 4.57 Å². The van der Waals surface area contributed by atoms with E-state index < -0.39 is 0 Å². The standard InChI is InChI=1S/C59H41N/c1-3-4-13-45-36-47(23-22-39(45)2)41-24-29-43(30-25-41)58-52-18-7-8-19-53(52)59(44-31-26-42(27-32-44)48-33-28-40-14-5-6-15-46(40)37-48)55-38-49(34-35-54(55)58)60-56-20-11-9-16-50(56)51-17-10-12-21-57(51)60/h3-38H,1H2,2H3/b13-4-. The maximum Gasteiger partial charge on any atom is 0.0541 e. The predicted molar refractivity (Wildman–Crippen MR) is 259 cm³/mol. The Labute approximate surface area is 350 Å². The molecule has 10 aromatic carbocycles. The van der Waals surface area contributed by atoms with E-state index in [0.29, 0.717) is 0 Å². The molecule has 0 N–H and O–H groups in total. The van der Waals surface area contributed by atoms with Crippen molar-refractivity contribution in [3.8, 4) is 50.2 Å². The molecule has 1 aromatic heterocycles. The number of nitrogens with zero attached hydrogens (tertiary/aromatic N) is 1. The third-order valence-corrected chi connectivity index (χ3v) is 12.3. The first kappa shape index (κ1) is 35.4. The Balaban J connectivity index is 1.13. The first-order chi connectivity index (χ1) is 29.6. The Morgan fingerprint density at radius 2 is 0.867 bits per heavy atom. The van der Waals surface area contributed by atoms with Crippen LogP contribution >= 0.6 is 0 Å². The van der Waals surface area contributed by atoms with Gasteiger partial charge >= 0.3 is 0 Å². The van der Waals surface area contributed by atoms with Crippen LogP contribution in [0.25, 0.3) is 110 Å². The van der Waals surface area contributed by atoms with Gasteiger partial charge in [0.05, 0.1) is 11.0 Å². The molecular formula is C59H41N. The van der Waals surface area contributed by atoms with Gasteiger partial charge in [0.25, 0.3) is 0 Å². The third kappa shape index (κ3) is 5.94. The number of hydrogen-bond donors (Lipinski definition) is 0. The van der Waals surface area contributed by atoms with Gasteiger partial charge < -0.3 is 4.57 Å². The summed E-state index contributed by atoms with van der Waals surface area (Å²) in [6.45, 7) is 6.02. The van der Waals surface area contributed by atoms with E-state index >= 15 is 0 Å². The molecular weight excluding hydrogens is 723 g/mol. The molecule has 0 aliphatic carbocycles. The zero-order valence-corrected chi connectivity index (χ0v) is 33.4. The second kappa shape index (κ2) is 14.6. The van der Waals surface area contributed by atoms with E-state index in [0.717, 1.165) is 5.69 Å². The minimum atomic E-state index is 1.14. The van der Waals surface area contributed by atoms with Gasteiger partial charge in [0.1, 0.15) is 0 Å². The van der Waals surface area contributed by atoms with Gasteiger partial charge in [-0.2, -0.15) is 0 Å². The zero-order valence-electron chi connectivity index (χ0n) is 33.4. The largest absolute Gasteiger partial charge is 0.309 e. The molecule has 11 aromatic rings. The van der Waals surface area contributed by atoms with Crippen LogP contribution in [-0.2, 0) is 0 Å². The molecule has 1 heteroatoms. The van der Waals surface area contributed by atoms with Crippen LogP contribution in [0, 0.1) is 6.92 Å². The van der Waals surface area contributed by atoms with Crippen molar-refractivity contribution in [3.05, 3.63) is 230 Å². The topological polar surface area (TPSA) is 4.93 Å². The van der Waals surface area contributed by atoms with Crippen LogP contribution in [0.2, 0.25) is 0 Å². The fourth-order valence-electron chi connectivity index (χ4n) is 9.33. The van der Waals surface area contributed by atoms with Crippen molar-refractivity contribution >= 4 is 60.2 Å². The molecule has 0 fully saturated rings. The summed E-state index contributed by atoms with van der Waals surface area (Å²) < 4.78 is 2.43. The SMILES string of the molecule is C=C/C=C\c1cc(-c2ccc(-c3c4ccccc4c(-c4ccc(-c5ccc6ccccc6c5)cc4)c4cc(-n5c6ccccc6c6ccccc65)ccc34)cc2)ccc1C. The summed E-state index contributed by atoms with van der Waals surface area (Å²) >= 11 is 0. The maximum atomic E-state index is 3.87. The van der Waals surface area contributed by atoms with Gasteiger partial charge in [-0.1, -0.05) is 189 Å². The molecule has 0 unspecified atom stereocenters. The van der Waals surface area contributed by atoms with Crippen LogP contribution in [0.1, 0.15) is 11.1 Å². The van der Waals surface area contributed by atoms with E-state index in [1.54, 1.807) is 0 Å². The van der Waals surface area contributed by atoms with Gasteiger partial charge in [0, 0.05) is 16.5 Å². The Hall–Kier alpha value is -7.74. The molecule has 0 atom stereocenters. The van der Waals surface area contributed by atoms with Crippen molar-refractivity contribution in [2.24, 2.45) is 0 Å². The van der Waals surface area contributed by atoms with Crippen molar-refractivity contribution in [2.45, 2.75) is 6.92 Å². The fourth-order valence-corrected chi connectivity index (χ4v) is 9.33. The van der Waals surface area contributed by atoms with Crippen LogP contribution in [0.5, 0.6) is 0 Å². The average molecular weight is 764 g/mol. The maximum absolute atomic E-state index is 3.87. The van der Waals surface area contributed by atoms with Gasteiger partial charge in [-0.25, -0.2) is 0 Å². The highest BCUT2D eigenvalue weighted by atomic mass is 15.0. The smallest absolute Gasteiger partial charge is 0.0541 e. The number of rotatable bonds is 7. The van der Waals surface area contributed by atoms with E-state index in [1.165, 1.54) is 110 Å². The molecule has 0 amide bonds. The van der Waals surface area contributed by atoms with Crippen LogP contribution in [0.4, 0.5) is 0 Å². The van der Waals surface area contributed by atoms with Crippen LogP contribution < -0.4 is 0 Å². The lowest BCUT2D eigenvalue weighted by Gasteiger charge is -2.20. The first-order valence-electron chi connectivity index (χ1n) is 20.7. The molecule has 11 rings (SSSR count). The fraction of sp³-hybridized carbons (Fsp3) is 0.0169. The van der Waals surface area contributed by atoms with E-state index in [4.69, 9.17) is 0 Å². The molecule has 0 aliphatic heterocycles. The predicted octanol–water partition coefficient (Wildman–Crippen LogP) is 16.4. The second-order valence-corrected chi connectivity index (χ2v) is 15.8. The lowest BCUT2D eigenvalue weighted by Crippen LogP contribution is -1.96. The van der Waals surface area contributed by atoms with Crippen molar-refractivity contribution < 1.29 is 0 Å². The van der Waals surface area contributed by atoms with Crippen molar-refractivity contribution in [2.75, 3.05) is 0 Å². The molecule has 0 bridgehead atoms. The molecule has 0 saturated carbocycles. The van der Waals surface area contributed by atoms with Crippen molar-refractivity contribution in [3.63, 3.8) is 0 Å². The number of para-hydroxylation sites is 2. The van der Waals surface area contributed by atoms with Gasteiger partial charge in [0.15, 0.2) is 0 Å². The summed E-state index contributed by atoms with van der Waals surface area (Å²) in [6, 6.07) is 73.9. The van der Waals surface area contributed by atoms with E-state index in [1.807, 2.05) is 12.2 Å². The summed E-state index contributed by atoms with van der Waals surface area (Å²) in [6.07, 6.45) is 5.96. The lowest BCUT2D eigenvalue weighted by molar-refractivity contribution is 1.19. The van der Waals surface area contributed by atoms with Crippen molar-refractivity contribution in [1.82, 2.24) is 4.57 Å². The monoisotopic (exact) mass is 763 g/mol. The first-order valence-corrected chi connectivity index (χ1v) is 20.7. The average Bonchev–Trinajstić information content (AvgIpc) is 3.65. The van der Waals surface area contributed by atoms with E-state index in [2.05, 4.69) is 224 Å². The van der Waals surface area contributed by atoms with Gasteiger partial charge in [-0.15, -0.1) is 0 Å². The molecule has 0 radical (unpaired) electrons. The number of allylic oxidation sites excluding steroid dienone is 2. The molecule has 60 heavy (non-hydrogen) atoms. The Kier molecular flexibility index (Phi) is 8.60. The van der Waals surface area contributed by atoms with E-state index in [-0.39, 0.29) is 0 Å². The molecule has 1 nitrogen and oxygen atoms in total. The van der Waals surface area contributed by atoms with Crippen LogP contribution in [0.15, 0.2) is 219 Å². The molecule has 0 spiro atoms. The van der Waals surface area contributed by atoms with Crippen LogP contribution in [0.3, 0.4) is 0 Å². The minimum absolute atomic E-state index is 1.14. The van der Waals surface area contributed by atoms with Gasteiger partial charge in [0.2, 0.25) is 0 Å². The number of hydrogen-bond acceptors (Lipinski definition) is 0. The quantitative estimate of drug-likeness (QED) is 0.113. The summed E-state index contributed by atoms with van der Waals surface area (Å²) in [5.41, 5.74) is 15.7. The minimum Gasteiger partial charge on any atom is -0.309 e. The molecule has 0 aliphatic rings. The highest BCUT2D eigenvalue weighted by Crippen LogP contribution is 2.46. The molecule has 282 valence electrons. The summed E-state index contributed by atoms with van der Waals surface area (Å²) in [5, 5.41) is 9.95. The number of aromatic nitrogens is 1. The third-order valence-electron chi connectivity index (χ3n) is 12.3. The van der Waals surface area contributed by atoms with Crippen molar-refractivity contribution in [1.29, 1.82) is 0 Å². The molecule has 1 heterocycles. The number of fused-ring (bicyclic) bond motifs is 6. The normalized spacial score (nSPS) is 11.8. The summed E-state index contributed by atoms with van der Waals surface area (Å²) in [7, 11) is 0. The number of benzene rings is 10. The number of aryl methyl sites for hydroxylation is 1. The second-order valence-electron chi connectivity index (χ2n) is 15.8. The zero-order chi connectivity index (χ0) is 40.2. The van der Waals surface area contributed by atoms with E-state index in [9.17, 15) is 0 Å². The summed E-state index contributed by atoms with van der Waals surface area (Å²) in [4.78, 5) is 0. The highest BCUT2D eigenvalue weighted by molar-refractivity contribution is 6.22. The van der Waals surface area contributed by atoms with Gasteiger partial charge in [-0.3, -0.25) is 0 Å². The highest BCUT2D eigenvalue weighted by Gasteiger charge is 2.19. The summed E-state index contributed by atoms with van der Waals surface area (Å²) in [5.74, 6) is 0. The Bertz CT molecular complexity index is 3430. The lowest BCUT2D eigenvalue weighted by atomic mass is 9.85. The Morgan fingerprint density at radius 3 is 1.50 bits per heavy atom. The Morgan fingerprint density at radius 1 is 0.383 bits per heavy atom. The van der Waals surface area contributed by atoms with Gasteiger partial charge in [-0.05, 0) is 131 Å².